The van der Waals surface area contributed by atoms with Crippen molar-refractivity contribution in [3.05, 3.63) is 35.4 Å². The Labute approximate surface area is 194 Å². The Morgan fingerprint density at radius 3 is 1.68 bits per heavy atom. The summed E-state index contributed by atoms with van der Waals surface area (Å²) in [6, 6.07) is 4.01. The van der Waals surface area contributed by atoms with E-state index in [1.54, 1.807) is 0 Å². The van der Waals surface area contributed by atoms with Gasteiger partial charge in [-0.05, 0) is 12.1 Å². The molecule has 0 fully saturated rings. The average molecular weight is 477 g/mol. The van der Waals surface area contributed by atoms with Crippen molar-refractivity contribution < 1.29 is 52.5 Å². The molecule has 1 aliphatic heterocycles. The monoisotopic (exact) mass is 477 g/mol. The van der Waals surface area contributed by atoms with E-state index >= 15 is 0 Å². The van der Waals surface area contributed by atoms with Crippen LogP contribution in [0.2, 0.25) is 0 Å². The lowest BCUT2D eigenvalue weighted by Gasteiger charge is -2.36. The first-order chi connectivity index (χ1) is 16.0. The van der Waals surface area contributed by atoms with Crippen LogP contribution in [0.3, 0.4) is 0 Å². The van der Waals surface area contributed by atoms with Crippen molar-refractivity contribution in [2.24, 2.45) is 0 Å². The van der Waals surface area contributed by atoms with Gasteiger partial charge in [0.25, 0.3) is 11.8 Å². The van der Waals surface area contributed by atoms with Gasteiger partial charge in [0.2, 0.25) is 0 Å². The highest BCUT2D eigenvalue weighted by Crippen LogP contribution is 2.28. The Bertz CT molecular complexity index is 983. The van der Waals surface area contributed by atoms with Crippen molar-refractivity contribution in [1.29, 1.82) is 0 Å². The molecule has 0 unspecified atom stereocenters. The highest BCUT2D eigenvalue weighted by molar-refractivity contribution is 6.22. The molecule has 1 aromatic carbocycles. The van der Waals surface area contributed by atoms with Gasteiger partial charge in [-0.2, -0.15) is 0 Å². The zero-order chi connectivity index (χ0) is 25.6. The summed E-state index contributed by atoms with van der Waals surface area (Å²) in [7, 11) is 0. The highest BCUT2D eigenvalue weighted by Gasteiger charge is 2.50. The summed E-state index contributed by atoms with van der Waals surface area (Å²) >= 11 is 0. The van der Waals surface area contributed by atoms with Gasteiger partial charge in [-0.3, -0.25) is 33.7 Å². The Morgan fingerprint density at radius 2 is 1.26 bits per heavy atom. The van der Waals surface area contributed by atoms with Crippen LogP contribution in [0.1, 0.15) is 48.4 Å². The molecule has 0 spiro atoms. The summed E-state index contributed by atoms with van der Waals surface area (Å²) in [5.74, 6) is -5.23. The molecule has 12 nitrogen and oxygen atoms in total. The van der Waals surface area contributed by atoms with Crippen LogP contribution in [-0.4, -0.2) is 77.8 Å². The van der Waals surface area contributed by atoms with Gasteiger partial charge in [-0.1, -0.05) is 12.1 Å². The second kappa shape index (κ2) is 11.2. The molecule has 0 radical (unpaired) electrons. The normalized spacial score (nSPS) is 15.9. The number of aldehydes is 1. The molecule has 1 aromatic rings. The van der Waals surface area contributed by atoms with Crippen LogP contribution >= 0.6 is 0 Å². The molecule has 0 aromatic heterocycles. The van der Waals surface area contributed by atoms with E-state index in [0.717, 1.165) is 27.7 Å². The fourth-order valence-electron chi connectivity index (χ4n) is 3.44. The van der Waals surface area contributed by atoms with Gasteiger partial charge >= 0.3 is 23.9 Å². The molecule has 0 saturated heterocycles. The van der Waals surface area contributed by atoms with Crippen LogP contribution in [0.4, 0.5) is 0 Å². The third-order valence-corrected chi connectivity index (χ3v) is 4.66. The lowest BCUT2D eigenvalue weighted by Crippen LogP contribution is -2.58. The number of carbonyl (C=O) groups is 7. The second-order valence-corrected chi connectivity index (χ2v) is 7.25. The quantitative estimate of drug-likeness (QED) is 0.196. The Kier molecular flexibility index (Phi) is 8.59. The number of ether oxygens (including phenoxy) is 4. The van der Waals surface area contributed by atoms with Crippen molar-refractivity contribution in [2.75, 3.05) is 6.61 Å². The van der Waals surface area contributed by atoms with Crippen LogP contribution in [0, 0.1) is 0 Å². The summed E-state index contributed by atoms with van der Waals surface area (Å²) in [4.78, 5) is 85.4. The zero-order valence-corrected chi connectivity index (χ0v) is 18.8. The lowest BCUT2D eigenvalue weighted by atomic mass is 9.99. The maximum atomic E-state index is 12.9. The molecule has 2 rings (SSSR count). The van der Waals surface area contributed by atoms with Crippen molar-refractivity contribution >= 4 is 42.0 Å². The van der Waals surface area contributed by atoms with Crippen molar-refractivity contribution in [3.63, 3.8) is 0 Å². The summed E-state index contributed by atoms with van der Waals surface area (Å²) in [6.07, 6.45) is -4.92. The van der Waals surface area contributed by atoms with E-state index in [1.165, 1.54) is 24.3 Å². The number of fused-ring (bicyclic) bond motifs is 1. The van der Waals surface area contributed by atoms with Crippen LogP contribution in [0.15, 0.2) is 24.3 Å². The third kappa shape index (κ3) is 6.03. The molecular weight excluding hydrogens is 454 g/mol. The standard InChI is InChI=1S/C22H23NO11/c1-11(25)31-10-18(32-12(2)26)20(34-14(4)28)19(33-13(3)27)17(9-24)23-21(29)15-7-5-6-8-16(15)22(23)30/h5-9,17-20H,10H2,1-4H3/t17-,18+,19+,20+/m0/s1. The number of imide groups is 1. The number of amides is 2. The fraction of sp³-hybridized carbons (Fsp3) is 0.409. The lowest BCUT2D eigenvalue weighted by molar-refractivity contribution is -0.192. The summed E-state index contributed by atoms with van der Waals surface area (Å²) in [5, 5.41) is 0. The SMILES string of the molecule is CC(=O)OC[C@@H](OC(C)=O)[C@@H](OC(C)=O)[C@H](OC(C)=O)[C@H](C=O)N1C(=O)c2ccccc2C1=O. The molecule has 4 atom stereocenters. The topological polar surface area (TPSA) is 160 Å². The minimum Gasteiger partial charge on any atom is -0.462 e. The van der Waals surface area contributed by atoms with Gasteiger partial charge in [-0.15, -0.1) is 0 Å². The molecular formula is C22H23NO11. The van der Waals surface area contributed by atoms with E-state index in [4.69, 9.17) is 18.9 Å². The first-order valence-corrected chi connectivity index (χ1v) is 10.0. The number of benzene rings is 1. The van der Waals surface area contributed by atoms with E-state index in [-0.39, 0.29) is 17.4 Å². The Morgan fingerprint density at radius 1 is 0.794 bits per heavy atom. The number of nitrogens with zero attached hydrogens (tertiary/aromatic N) is 1. The van der Waals surface area contributed by atoms with E-state index < -0.39 is 66.7 Å². The third-order valence-electron chi connectivity index (χ3n) is 4.66. The Hall–Kier alpha value is -4.09. The van der Waals surface area contributed by atoms with E-state index in [9.17, 15) is 33.6 Å². The van der Waals surface area contributed by atoms with Crippen molar-refractivity contribution in [1.82, 2.24) is 4.90 Å². The first kappa shape index (κ1) is 26.2. The molecule has 0 aliphatic carbocycles. The molecule has 12 heteroatoms. The van der Waals surface area contributed by atoms with Crippen LogP contribution < -0.4 is 0 Å². The predicted octanol–water partition coefficient (Wildman–Crippen LogP) is 0.208. The maximum Gasteiger partial charge on any atom is 0.303 e. The van der Waals surface area contributed by atoms with Crippen LogP contribution in [-0.2, 0) is 42.9 Å². The number of hydrogen-bond donors (Lipinski definition) is 0. The van der Waals surface area contributed by atoms with E-state index in [0.29, 0.717) is 4.90 Å². The van der Waals surface area contributed by atoms with Gasteiger partial charge in [-0.25, -0.2) is 0 Å². The largest absolute Gasteiger partial charge is 0.462 e. The van der Waals surface area contributed by atoms with Crippen molar-refractivity contribution in [2.45, 2.75) is 52.0 Å². The Balaban J connectivity index is 2.57. The smallest absolute Gasteiger partial charge is 0.303 e. The molecule has 0 bridgehead atoms. The van der Waals surface area contributed by atoms with E-state index in [2.05, 4.69) is 0 Å². The summed E-state index contributed by atoms with van der Waals surface area (Å²) < 4.78 is 20.4. The number of carbonyl (C=O) groups excluding carboxylic acids is 7. The summed E-state index contributed by atoms with van der Waals surface area (Å²) in [6.45, 7) is 3.43. The summed E-state index contributed by atoms with van der Waals surface area (Å²) in [5.41, 5.74) is 0.0304. The van der Waals surface area contributed by atoms with Gasteiger partial charge < -0.3 is 23.7 Å². The number of rotatable bonds is 10. The van der Waals surface area contributed by atoms with Gasteiger partial charge in [0, 0.05) is 27.7 Å². The molecule has 0 N–H and O–H groups in total. The zero-order valence-electron chi connectivity index (χ0n) is 18.8. The number of hydrogen-bond acceptors (Lipinski definition) is 11. The van der Waals surface area contributed by atoms with Gasteiger partial charge in [0.1, 0.15) is 18.9 Å². The fourth-order valence-corrected chi connectivity index (χ4v) is 3.44. The van der Waals surface area contributed by atoms with Crippen molar-refractivity contribution in [3.8, 4) is 0 Å². The van der Waals surface area contributed by atoms with Crippen LogP contribution in [0.25, 0.3) is 0 Å². The minimum absolute atomic E-state index is 0.0152. The van der Waals surface area contributed by atoms with Gasteiger partial charge in [0.15, 0.2) is 18.3 Å². The predicted molar refractivity (Wildman–Crippen MR) is 110 cm³/mol. The molecule has 182 valence electrons. The number of esters is 4. The van der Waals surface area contributed by atoms with Gasteiger partial charge in [0.05, 0.1) is 11.1 Å². The highest BCUT2D eigenvalue weighted by atomic mass is 16.6. The minimum atomic E-state index is -1.80. The first-order valence-electron chi connectivity index (χ1n) is 10.0. The molecule has 2 amide bonds. The second-order valence-electron chi connectivity index (χ2n) is 7.25. The molecule has 0 saturated carbocycles. The molecule has 1 heterocycles. The van der Waals surface area contributed by atoms with E-state index in [1.807, 2.05) is 0 Å². The van der Waals surface area contributed by atoms with Crippen LogP contribution in [0.5, 0.6) is 0 Å². The molecule has 34 heavy (non-hydrogen) atoms. The molecule has 1 aliphatic rings. The average Bonchev–Trinajstić information content (AvgIpc) is 3.00. The maximum absolute atomic E-state index is 12.9.